The molecule has 0 N–H and O–H groups in total. The van der Waals surface area contributed by atoms with E-state index in [1.165, 1.54) is 6.42 Å². The molecule has 2 amide bonds. The van der Waals surface area contributed by atoms with Gasteiger partial charge in [0, 0.05) is 57.4 Å². The van der Waals surface area contributed by atoms with Crippen LogP contribution >= 0.6 is 0 Å². The first-order valence-corrected chi connectivity index (χ1v) is 8.76. The number of urea groups is 1. The summed E-state index contributed by atoms with van der Waals surface area (Å²) in [6.07, 6.45) is 1.28. The van der Waals surface area contributed by atoms with E-state index in [0.29, 0.717) is 24.2 Å². The lowest BCUT2D eigenvalue weighted by molar-refractivity contribution is -0.0854. The van der Waals surface area contributed by atoms with Crippen molar-refractivity contribution >= 4 is 6.03 Å². The van der Waals surface area contributed by atoms with E-state index in [9.17, 15) is 4.79 Å². The van der Waals surface area contributed by atoms with Crippen molar-refractivity contribution in [1.82, 2.24) is 19.6 Å². The van der Waals surface area contributed by atoms with Crippen molar-refractivity contribution in [1.29, 1.82) is 0 Å². The maximum Gasteiger partial charge on any atom is 0.320 e. The van der Waals surface area contributed by atoms with E-state index in [2.05, 4.69) is 33.4 Å². The van der Waals surface area contributed by atoms with Crippen molar-refractivity contribution in [3.63, 3.8) is 0 Å². The van der Waals surface area contributed by atoms with Gasteiger partial charge < -0.3 is 14.5 Å². The number of carbonyl (C=O) groups excluding carboxylic acids is 1. The average Bonchev–Trinajstić information content (AvgIpc) is 2.45. The van der Waals surface area contributed by atoms with Crippen LogP contribution in [0.3, 0.4) is 0 Å². The highest BCUT2D eigenvalue weighted by atomic mass is 16.5. The first-order valence-electron chi connectivity index (χ1n) is 8.76. The number of nitrogens with zero attached hydrogens (tertiary/aromatic N) is 4. The van der Waals surface area contributed by atoms with Crippen LogP contribution < -0.4 is 0 Å². The fourth-order valence-corrected chi connectivity index (χ4v) is 4.55. The molecule has 0 aromatic rings. The van der Waals surface area contributed by atoms with Crippen molar-refractivity contribution < 1.29 is 9.53 Å². The van der Waals surface area contributed by atoms with Gasteiger partial charge in [-0.15, -0.1) is 0 Å². The van der Waals surface area contributed by atoms with Gasteiger partial charge in [-0.25, -0.2) is 4.79 Å². The van der Waals surface area contributed by atoms with E-state index >= 15 is 0 Å². The molecule has 2 bridgehead atoms. The van der Waals surface area contributed by atoms with Crippen molar-refractivity contribution in [2.75, 3.05) is 52.5 Å². The highest BCUT2D eigenvalue weighted by Gasteiger charge is 2.47. The van der Waals surface area contributed by atoms with Gasteiger partial charge in [0.05, 0.1) is 19.3 Å². The van der Waals surface area contributed by atoms with Crippen LogP contribution in [0.15, 0.2) is 0 Å². The number of amides is 2. The third-order valence-corrected chi connectivity index (χ3v) is 5.84. The van der Waals surface area contributed by atoms with Gasteiger partial charge in [-0.05, 0) is 20.3 Å². The molecule has 22 heavy (non-hydrogen) atoms. The van der Waals surface area contributed by atoms with Crippen LogP contribution in [0.25, 0.3) is 0 Å². The molecule has 5 aliphatic heterocycles. The first-order chi connectivity index (χ1) is 10.6. The first kappa shape index (κ1) is 14.7. The lowest BCUT2D eigenvalue weighted by Gasteiger charge is -2.58. The molecule has 5 saturated heterocycles. The summed E-state index contributed by atoms with van der Waals surface area (Å²) in [5.74, 6) is 0. The molecule has 0 spiro atoms. The number of ether oxygens (including phenoxy) is 1. The predicted octanol–water partition coefficient (Wildman–Crippen LogP) is 0.290. The number of piperazine rings is 2. The largest absolute Gasteiger partial charge is 0.378 e. The van der Waals surface area contributed by atoms with Gasteiger partial charge in [0.25, 0.3) is 0 Å². The molecular weight excluding hydrogens is 280 g/mol. The average molecular weight is 308 g/mol. The fourth-order valence-electron chi connectivity index (χ4n) is 4.55. The fraction of sp³-hybridized carbons (Fsp3) is 0.938. The molecule has 0 saturated carbocycles. The molecule has 124 valence electrons. The van der Waals surface area contributed by atoms with Gasteiger partial charge in [-0.3, -0.25) is 9.80 Å². The number of fused-ring (bicyclic) bond motifs is 2. The lowest BCUT2D eigenvalue weighted by atomic mass is 9.86. The summed E-state index contributed by atoms with van der Waals surface area (Å²) in [6.45, 7) is 11.8. The Kier molecular flexibility index (Phi) is 3.78. The third-order valence-electron chi connectivity index (χ3n) is 5.84. The SMILES string of the molecule is CC(C)N1C2CC1CN(C(=O)N1CCN(C3COC3)CC1)C2. The highest BCUT2D eigenvalue weighted by molar-refractivity contribution is 5.75. The molecule has 2 atom stereocenters. The molecule has 0 radical (unpaired) electrons. The Morgan fingerprint density at radius 2 is 1.59 bits per heavy atom. The Bertz CT molecular complexity index is 420. The second kappa shape index (κ2) is 5.65. The molecular formula is C16H28N4O2. The Morgan fingerprint density at radius 1 is 0.955 bits per heavy atom. The van der Waals surface area contributed by atoms with E-state index in [1.54, 1.807) is 0 Å². The smallest absolute Gasteiger partial charge is 0.320 e. The lowest BCUT2D eigenvalue weighted by Crippen LogP contribution is -2.72. The Hall–Kier alpha value is -0.850. The minimum atomic E-state index is 0.266. The van der Waals surface area contributed by atoms with Crippen molar-refractivity contribution in [3.05, 3.63) is 0 Å². The Labute approximate surface area is 133 Å². The van der Waals surface area contributed by atoms with Crippen LogP contribution in [0.5, 0.6) is 0 Å². The zero-order valence-electron chi connectivity index (χ0n) is 13.8. The van der Waals surface area contributed by atoms with E-state index in [1.807, 2.05) is 0 Å². The Morgan fingerprint density at radius 3 is 2.09 bits per heavy atom. The van der Waals surface area contributed by atoms with Crippen LogP contribution in [0.1, 0.15) is 20.3 Å². The summed E-state index contributed by atoms with van der Waals surface area (Å²) in [7, 11) is 0. The predicted molar refractivity (Wildman–Crippen MR) is 83.9 cm³/mol. The second-order valence-electron chi connectivity index (χ2n) is 7.49. The van der Waals surface area contributed by atoms with Crippen molar-refractivity contribution in [3.8, 4) is 0 Å². The van der Waals surface area contributed by atoms with Crippen molar-refractivity contribution in [2.24, 2.45) is 0 Å². The number of carbonyl (C=O) groups is 1. The van der Waals surface area contributed by atoms with Crippen LogP contribution in [-0.4, -0.2) is 102 Å². The molecule has 5 heterocycles. The third kappa shape index (κ3) is 2.41. The van der Waals surface area contributed by atoms with Gasteiger partial charge in [-0.2, -0.15) is 0 Å². The highest BCUT2D eigenvalue weighted by Crippen LogP contribution is 2.34. The normalized spacial score (nSPS) is 33.8. The van der Waals surface area contributed by atoms with E-state index < -0.39 is 0 Å². The van der Waals surface area contributed by atoms with Crippen LogP contribution in [0.4, 0.5) is 4.79 Å². The molecule has 6 nitrogen and oxygen atoms in total. The van der Waals surface area contributed by atoms with Gasteiger partial charge in [0.2, 0.25) is 0 Å². The summed E-state index contributed by atoms with van der Waals surface area (Å²) in [4.78, 5) is 22.0. The number of hydrogen-bond acceptors (Lipinski definition) is 4. The standard InChI is InChI=1S/C16H28N4O2/c1-12(2)20-13-7-14(20)9-19(8-13)16(21)18-5-3-17(4-6-18)15-10-22-11-15/h12-15H,3-11H2,1-2H3. The van der Waals surface area contributed by atoms with Gasteiger partial charge in [0.15, 0.2) is 0 Å². The summed E-state index contributed by atoms with van der Waals surface area (Å²) in [5, 5.41) is 0. The maximum absolute atomic E-state index is 12.7. The molecule has 0 aliphatic carbocycles. The molecule has 6 heteroatoms. The van der Waals surface area contributed by atoms with Crippen LogP contribution in [-0.2, 0) is 4.74 Å². The summed E-state index contributed by atoms with van der Waals surface area (Å²) < 4.78 is 5.27. The minimum Gasteiger partial charge on any atom is -0.378 e. The van der Waals surface area contributed by atoms with Crippen LogP contribution in [0.2, 0.25) is 0 Å². The monoisotopic (exact) mass is 308 g/mol. The molecule has 0 aromatic heterocycles. The van der Waals surface area contributed by atoms with E-state index in [-0.39, 0.29) is 6.03 Å². The van der Waals surface area contributed by atoms with Gasteiger partial charge in [-0.1, -0.05) is 0 Å². The minimum absolute atomic E-state index is 0.266. The zero-order chi connectivity index (χ0) is 15.3. The maximum atomic E-state index is 12.7. The molecule has 0 aromatic carbocycles. The van der Waals surface area contributed by atoms with Gasteiger partial charge >= 0.3 is 6.03 Å². The van der Waals surface area contributed by atoms with Crippen molar-refractivity contribution in [2.45, 2.75) is 44.4 Å². The van der Waals surface area contributed by atoms with Gasteiger partial charge in [0.1, 0.15) is 0 Å². The molecule has 5 aliphatic rings. The summed E-state index contributed by atoms with van der Waals surface area (Å²) in [5.41, 5.74) is 0. The second-order valence-corrected chi connectivity index (χ2v) is 7.49. The quantitative estimate of drug-likeness (QED) is 0.735. The molecule has 5 rings (SSSR count). The van der Waals surface area contributed by atoms with Crippen LogP contribution in [0, 0.1) is 0 Å². The van der Waals surface area contributed by atoms with E-state index in [4.69, 9.17) is 4.74 Å². The summed E-state index contributed by atoms with van der Waals surface area (Å²) >= 11 is 0. The molecule has 5 fully saturated rings. The Balaban J connectivity index is 1.28. The number of hydrogen-bond donors (Lipinski definition) is 0. The topological polar surface area (TPSA) is 39.3 Å². The number of piperidine rings is 1. The summed E-state index contributed by atoms with van der Waals surface area (Å²) in [6, 6.07) is 2.66. The van der Waals surface area contributed by atoms with E-state index in [0.717, 1.165) is 52.5 Å². The zero-order valence-corrected chi connectivity index (χ0v) is 13.8. The number of rotatable bonds is 2. The molecule has 2 unspecified atom stereocenters.